The molecule has 26 heavy (non-hydrogen) atoms. The predicted octanol–water partition coefficient (Wildman–Crippen LogP) is 6.97. The van der Waals surface area contributed by atoms with Crippen molar-refractivity contribution in [2.45, 2.75) is 40.0 Å². The molecule has 0 aliphatic rings. The highest BCUT2D eigenvalue weighted by molar-refractivity contribution is 6.02. The van der Waals surface area contributed by atoms with E-state index >= 15 is 0 Å². The Bertz CT molecular complexity index is 1070. The zero-order chi connectivity index (χ0) is 18.3. The molecule has 0 saturated carbocycles. The van der Waals surface area contributed by atoms with Gasteiger partial charge in [-0.15, -0.1) is 0 Å². The number of hydrogen-bond acceptors (Lipinski definition) is 2. The third kappa shape index (κ3) is 3.01. The lowest BCUT2D eigenvalue weighted by Gasteiger charge is -2.12. The van der Waals surface area contributed by atoms with Gasteiger partial charge < -0.3 is 4.42 Å². The normalized spacial score (nSPS) is 11.9. The molecular formula is C24H25NO. The quantitative estimate of drug-likeness (QED) is 0.400. The third-order valence-electron chi connectivity index (χ3n) is 4.97. The third-order valence-corrected chi connectivity index (χ3v) is 4.97. The van der Waals surface area contributed by atoms with Crippen LogP contribution in [0.4, 0.5) is 0 Å². The van der Waals surface area contributed by atoms with Gasteiger partial charge in [-0.2, -0.15) is 0 Å². The standard InChI is InChI=1S/C24H25NO/c1-15(2)11-17-5-6-21-18(12-17)7-9-25-23(21)22-14-20(16(3)4)13-19-8-10-26-24(19)22/h5-10,12-16H,11H2,1-4H3. The molecule has 0 amide bonds. The number of pyridine rings is 1. The molecule has 0 fully saturated rings. The van der Waals surface area contributed by atoms with Gasteiger partial charge in [0.1, 0.15) is 5.58 Å². The molecule has 2 aromatic heterocycles. The summed E-state index contributed by atoms with van der Waals surface area (Å²) in [5, 5.41) is 3.56. The van der Waals surface area contributed by atoms with E-state index in [1.165, 1.54) is 21.9 Å². The lowest BCUT2D eigenvalue weighted by atomic mass is 9.94. The molecule has 0 radical (unpaired) electrons. The molecule has 0 bridgehead atoms. The lowest BCUT2D eigenvalue weighted by molar-refractivity contribution is 0.616. The molecule has 0 aliphatic carbocycles. The molecule has 2 heterocycles. The van der Waals surface area contributed by atoms with E-state index in [1.54, 1.807) is 6.26 Å². The zero-order valence-corrected chi connectivity index (χ0v) is 15.9. The zero-order valence-electron chi connectivity index (χ0n) is 15.9. The first-order valence-electron chi connectivity index (χ1n) is 9.42. The smallest absolute Gasteiger partial charge is 0.143 e. The fraction of sp³-hybridized carbons (Fsp3) is 0.292. The van der Waals surface area contributed by atoms with Crippen LogP contribution in [0.2, 0.25) is 0 Å². The van der Waals surface area contributed by atoms with Crippen molar-refractivity contribution in [1.82, 2.24) is 4.98 Å². The second-order valence-corrected chi connectivity index (χ2v) is 7.88. The summed E-state index contributed by atoms with van der Waals surface area (Å²) in [7, 11) is 0. The molecular weight excluding hydrogens is 318 g/mol. The average molecular weight is 343 g/mol. The van der Waals surface area contributed by atoms with Crippen LogP contribution in [0.1, 0.15) is 44.7 Å². The van der Waals surface area contributed by atoms with Crippen LogP contribution >= 0.6 is 0 Å². The topological polar surface area (TPSA) is 26.0 Å². The number of furan rings is 1. The van der Waals surface area contributed by atoms with Gasteiger partial charge in [-0.25, -0.2) is 0 Å². The van der Waals surface area contributed by atoms with E-state index in [4.69, 9.17) is 9.40 Å². The molecule has 2 nitrogen and oxygen atoms in total. The SMILES string of the molecule is CC(C)Cc1ccc2c(-c3cc(C(C)C)cc4ccoc34)nccc2c1. The molecule has 0 saturated heterocycles. The van der Waals surface area contributed by atoms with Gasteiger partial charge in [-0.3, -0.25) is 4.98 Å². The molecule has 132 valence electrons. The van der Waals surface area contributed by atoms with E-state index in [-0.39, 0.29) is 0 Å². The molecule has 0 unspecified atom stereocenters. The van der Waals surface area contributed by atoms with E-state index < -0.39 is 0 Å². The van der Waals surface area contributed by atoms with Gasteiger partial charge in [-0.05, 0) is 59.0 Å². The molecule has 4 rings (SSSR count). The van der Waals surface area contributed by atoms with Gasteiger partial charge in [0.25, 0.3) is 0 Å². The molecule has 4 aromatic rings. The van der Waals surface area contributed by atoms with Gasteiger partial charge in [-0.1, -0.05) is 45.9 Å². The van der Waals surface area contributed by atoms with Crippen LogP contribution in [0.15, 0.2) is 59.3 Å². The van der Waals surface area contributed by atoms with Crippen molar-refractivity contribution in [2.24, 2.45) is 5.92 Å². The maximum atomic E-state index is 5.82. The van der Waals surface area contributed by atoms with Gasteiger partial charge in [0.2, 0.25) is 0 Å². The summed E-state index contributed by atoms with van der Waals surface area (Å²) in [5.74, 6) is 1.11. The number of benzene rings is 2. The first-order valence-corrected chi connectivity index (χ1v) is 9.42. The van der Waals surface area contributed by atoms with Crippen LogP contribution in [0.5, 0.6) is 0 Å². The summed E-state index contributed by atoms with van der Waals surface area (Å²) in [6.07, 6.45) is 4.77. The van der Waals surface area contributed by atoms with E-state index in [1.807, 2.05) is 12.3 Å². The maximum Gasteiger partial charge on any atom is 0.143 e. The number of hydrogen-bond donors (Lipinski definition) is 0. The molecule has 2 aromatic carbocycles. The van der Waals surface area contributed by atoms with Gasteiger partial charge in [0, 0.05) is 22.5 Å². The highest BCUT2D eigenvalue weighted by Crippen LogP contribution is 2.36. The minimum Gasteiger partial charge on any atom is -0.464 e. The average Bonchev–Trinajstić information content (AvgIpc) is 3.08. The highest BCUT2D eigenvalue weighted by Gasteiger charge is 2.15. The summed E-state index contributed by atoms with van der Waals surface area (Å²) in [6.45, 7) is 8.96. The van der Waals surface area contributed by atoms with E-state index in [9.17, 15) is 0 Å². The number of nitrogens with zero attached hydrogens (tertiary/aromatic N) is 1. The van der Waals surface area contributed by atoms with Crippen molar-refractivity contribution in [3.8, 4) is 11.3 Å². The van der Waals surface area contributed by atoms with E-state index in [0.29, 0.717) is 11.8 Å². The van der Waals surface area contributed by atoms with Crippen LogP contribution in [-0.2, 0) is 6.42 Å². The van der Waals surface area contributed by atoms with Gasteiger partial charge in [0.05, 0.1) is 12.0 Å². The predicted molar refractivity (Wildman–Crippen MR) is 110 cm³/mol. The second kappa shape index (κ2) is 6.60. The van der Waals surface area contributed by atoms with Crippen LogP contribution < -0.4 is 0 Å². The molecule has 0 N–H and O–H groups in total. The van der Waals surface area contributed by atoms with Crippen molar-refractivity contribution in [1.29, 1.82) is 0 Å². The van der Waals surface area contributed by atoms with Crippen molar-refractivity contribution in [3.05, 3.63) is 66.1 Å². The van der Waals surface area contributed by atoms with Crippen molar-refractivity contribution in [2.75, 3.05) is 0 Å². The second-order valence-electron chi connectivity index (χ2n) is 7.88. The minimum absolute atomic E-state index is 0.459. The summed E-state index contributed by atoms with van der Waals surface area (Å²) in [4.78, 5) is 4.74. The fourth-order valence-corrected chi connectivity index (χ4v) is 3.65. The summed E-state index contributed by atoms with van der Waals surface area (Å²) in [5.41, 5.74) is 5.69. The van der Waals surface area contributed by atoms with Gasteiger partial charge in [0.15, 0.2) is 0 Å². The highest BCUT2D eigenvalue weighted by atomic mass is 16.3. The monoisotopic (exact) mass is 343 g/mol. The summed E-state index contributed by atoms with van der Waals surface area (Å²) in [6, 6.07) is 15.3. The van der Waals surface area contributed by atoms with Crippen LogP contribution in [-0.4, -0.2) is 4.98 Å². The first-order chi connectivity index (χ1) is 12.5. The minimum atomic E-state index is 0.459. The molecule has 0 atom stereocenters. The van der Waals surface area contributed by atoms with Gasteiger partial charge >= 0.3 is 0 Å². The largest absolute Gasteiger partial charge is 0.464 e. The number of rotatable bonds is 4. The molecule has 0 aliphatic heterocycles. The van der Waals surface area contributed by atoms with Crippen molar-refractivity contribution < 1.29 is 4.42 Å². The Hall–Kier alpha value is -2.61. The number of fused-ring (bicyclic) bond motifs is 2. The Morgan fingerprint density at radius 3 is 2.54 bits per heavy atom. The molecule has 2 heteroatoms. The van der Waals surface area contributed by atoms with Crippen LogP contribution in [0.3, 0.4) is 0 Å². The van der Waals surface area contributed by atoms with E-state index in [0.717, 1.165) is 28.6 Å². The summed E-state index contributed by atoms with van der Waals surface area (Å²) >= 11 is 0. The van der Waals surface area contributed by atoms with Crippen molar-refractivity contribution >= 4 is 21.7 Å². The Balaban J connectivity index is 1.94. The maximum absolute atomic E-state index is 5.82. The lowest BCUT2D eigenvalue weighted by Crippen LogP contribution is -1.95. The van der Waals surface area contributed by atoms with Crippen LogP contribution in [0, 0.1) is 5.92 Å². The summed E-state index contributed by atoms with van der Waals surface area (Å²) < 4.78 is 5.82. The van der Waals surface area contributed by atoms with Crippen LogP contribution in [0.25, 0.3) is 33.0 Å². The first kappa shape index (κ1) is 16.8. The fourth-order valence-electron chi connectivity index (χ4n) is 3.65. The Morgan fingerprint density at radius 2 is 1.77 bits per heavy atom. The Kier molecular flexibility index (Phi) is 4.28. The Morgan fingerprint density at radius 1 is 0.923 bits per heavy atom. The molecule has 0 spiro atoms. The van der Waals surface area contributed by atoms with Crippen molar-refractivity contribution in [3.63, 3.8) is 0 Å². The Labute approximate surface area is 154 Å². The number of aromatic nitrogens is 1. The van der Waals surface area contributed by atoms with E-state index in [2.05, 4.69) is 64.1 Å².